The summed E-state index contributed by atoms with van der Waals surface area (Å²) in [5.41, 5.74) is 2.14. The molecule has 1 fully saturated rings. The third-order valence-electron chi connectivity index (χ3n) is 3.90. The fourth-order valence-corrected chi connectivity index (χ4v) is 3.72. The van der Waals surface area contributed by atoms with Crippen molar-refractivity contribution in [1.82, 2.24) is 4.72 Å². The van der Waals surface area contributed by atoms with Crippen LogP contribution in [-0.4, -0.2) is 20.4 Å². The van der Waals surface area contributed by atoms with Crippen LogP contribution in [0.5, 0.6) is 0 Å². The van der Waals surface area contributed by atoms with E-state index in [1.54, 1.807) is 12.1 Å². The highest BCUT2D eigenvalue weighted by atomic mass is 32.2. The topological polar surface area (TPSA) is 75.3 Å². The Bertz CT molecular complexity index is 858. The van der Waals surface area contributed by atoms with E-state index in [0.29, 0.717) is 11.3 Å². The zero-order chi connectivity index (χ0) is 17.2. The largest absolute Gasteiger partial charge is 0.322 e. The van der Waals surface area contributed by atoms with E-state index >= 15 is 0 Å². The van der Waals surface area contributed by atoms with Crippen LogP contribution in [-0.2, 0) is 16.4 Å². The van der Waals surface area contributed by atoms with E-state index in [0.717, 1.165) is 24.8 Å². The number of benzene rings is 2. The Balaban J connectivity index is 1.78. The number of nitrogens with one attached hydrogen (secondary N) is 2. The Morgan fingerprint density at radius 2 is 1.88 bits per heavy atom. The second-order valence-corrected chi connectivity index (χ2v) is 7.65. The van der Waals surface area contributed by atoms with E-state index in [1.165, 1.54) is 12.1 Å². The minimum Gasteiger partial charge on any atom is -0.322 e. The molecule has 0 heterocycles. The van der Waals surface area contributed by atoms with Crippen LogP contribution in [0.3, 0.4) is 0 Å². The van der Waals surface area contributed by atoms with Gasteiger partial charge in [0.25, 0.3) is 5.91 Å². The second-order valence-electron chi connectivity index (χ2n) is 5.93. The van der Waals surface area contributed by atoms with Crippen molar-refractivity contribution in [3.8, 4) is 0 Å². The summed E-state index contributed by atoms with van der Waals surface area (Å²) in [4.78, 5) is 12.5. The summed E-state index contributed by atoms with van der Waals surface area (Å²) >= 11 is 0. The van der Waals surface area contributed by atoms with E-state index in [2.05, 4.69) is 10.0 Å². The summed E-state index contributed by atoms with van der Waals surface area (Å²) in [5.74, 6) is -0.327. The smallest absolute Gasteiger partial charge is 0.255 e. The van der Waals surface area contributed by atoms with Crippen molar-refractivity contribution in [3.05, 3.63) is 59.7 Å². The molecular formula is C18H20N2O3S. The lowest BCUT2D eigenvalue weighted by molar-refractivity contribution is 0.102. The number of hydrogen-bond donors (Lipinski definition) is 2. The number of carbonyl (C=O) groups excluding carboxylic acids is 1. The molecule has 1 amide bonds. The van der Waals surface area contributed by atoms with Crippen LogP contribution in [0.15, 0.2) is 53.4 Å². The molecule has 1 aliphatic rings. The van der Waals surface area contributed by atoms with Gasteiger partial charge in [0.2, 0.25) is 10.0 Å². The molecule has 0 aromatic heterocycles. The average molecular weight is 344 g/mol. The first-order chi connectivity index (χ1) is 11.5. The fourth-order valence-electron chi connectivity index (χ4n) is 2.37. The molecule has 2 N–H and O–H groups in total. The third kappa shape index (κ3) is 4.01. The van der Waals surface area contributed by atoms with E-state index in [9.17, 15) is 13.2 Å². The molecule has 0 bridgehead atoms. The molecule has 24 heavy (non-hydrogen) atoms. The predicted molar refractivity (Wildman–Crippen MR) is 93.6 cm³/mol. The lowest BCUT2D eigenvalue weighted by Crippen LogP contribution is -2.26. The van der Waals surface area contributed by atoms with Gasteiger partial charge in [-0.15, -0.1) is 0 Å². The number of rotatable bonds is 6. The molecule has 0 atom stereocenters. The molecule has 0 saturated heterocycles. The van der Waals surface area contributed by atoms with Gasteiger partial charge >= 0.3 is 0 Å². The van der Waals surface area contributed by atoms with Crippen molar-refractivity contribution in [2.75, 3.05) is 5.32 Å². The molecule has 0 aliphatic heterocycles. The summed E-state index contributed by atoms with van der Waals surface area (Å²) in [7, 11) is -3.57. The highest BCUT2D eigenvalue weighted by Crippen LogP contribution is 2.22. The van der Waals surface area contributed by atoms with Gasteiger partial charge in [-0.25, -0.2) is 13.1 Å². The molecule has 2 aromatic rings. The molecule has 6 heteroatoms. The Labute approximate surface area is 142 Å². The molecule has 3 rings (SSSR count). The van der Waals surface area contributed by atoms with Gasteiger partial charge in [0.05, 0.1) is 4.90 Å². The summed E-state index contributed by atoms with van der Waals surface area (Å²) in [5, 5.41) is 2.81. The maximum absolute atomic E-state index is 12.4. The van der Waals surface area contributed by atoms with Gasteiger partial charge in [-0.2, -0.15) is 0 Å². The van der Waals surface area contributed by atoms with Crippen molar-refractivity contribution in [1.29, 1.82) is 0 Å². The van der Waals surface area contributed by atoms with Crippen LogP contribution >= 0.6 is 0 Å². The molecule has 1 aliphatic carbocycles. The Hall–Kier alpha value is -2.18. The van der Waals surface area contributed by atoms with Crippen molar-refractivity contribution >= 4 is 21.6 Å². The van der Waals surface area contributed by atoms with Crippen molar-refractivity contribution in [3.63, 3.8) is 0 Å². The number of carbonyl (C=O) groups is 1. The lowest BCUT2D eigenvalue weighted by atomic mass is 10.1. The minimum absolute atomic E-state index is 0.0317. The number of sulfonamides is 1. The number of aryl methyl sites for hydroxylation is 1. The molecule has 0 unspecified atom stereocenters. The second kappa shape index (κ2) is 6.75. The molecule has 0 spiro atoms. The highest BCUT2D eigenvalue weighted by Gasteiger charge is 2.28. The monoisotopic (exact) mass is 344 g/mol. The van der Waals surface area contributed by atoms with Crippen LogP contribution < -0.4 is 10.0 Å². The normalized spacial score (nSPS) is 14.4. The minimum atomic E-state index is -3.57. The fraction of sp³-hybridized carbons (Fsp3) is 0.278. The Kier molecular flexibility index (Phi) is 4.69. The summed E-state index contributed by atoms with van der Waals surface area (Å²) in [6.45, 7) is 2.04. The zero-order valence-corrected chi connectivity index (χ0v) is 14.3. The van der Waals surface area contributed by atoms with Crippen molar-refractivity contribution in [2.24, 2.45) is 0 Å². The molecular weight excluding hydrogens is 324 g/mol. The number of amides is 1. The average Bonchev–Trinajstić information content (AvgIpc) is 3.38. The first-order valence-electron chi connectivity index (χ1n) is 8.00. The Morgan fingerprint density at radius 3 is 2.58 bits per heavy atom. The molecule has 126 valence electrons. The van der Waals surface area contributed by atoms with Crippen LogP contribution in [0.4, 0.5) is 5.69 Å². The van der Waals surface area contributed by atoms with Crippen LogP contribution in [0.25, 0.3) is 0 Å². The van der Waals surface area contributed by atoms with Crippen LogP contribution in [0.2, 0.25) is 0 Å². The molecule has 0 radical (unpaired) electrons. The third-order valence-corrected chi connectivity index (χ3v) is 5.42. The van der Waals surface area contributed by atoms with Gasteiger partial charge in [-0.1, -0.05) is 25.1 Å². The van der Waals surface area contributed by atoms with Gasteiger partial charge in [-0.05, 0) is 55.2 Å². The standard InChI is InChI=1S/C18H20N2O3S/c1-2-13-5-3-7-16(11-13)19-18(21)14-6-4-8-17(12-14)24(22,23)20-15-9-10-15/h3-8,11-12,15,20H,2,9-10H2,1H3,(H,19,21). The summed E-state index contributed by atoms with van der Waals surface area (Å²) in [6.07, 6.45) is 2.62. The van der Waals surface area contributed by atoms with Crippen LogP contribution in [0, 0.1) is 0 Å². The lowest BCUT2D eigenvalue weighted by Gasteiger charge is -2.09. The van der Waals surface area contributed by atoms with E-state index in [4.69, 9.17) is 0 Å². The predicted octanol–water partition coefficient (Wildman–Crippen LogP) is 2.94. The number of hydrogen-bond acceptors (Lipinski definition) is 3. The summed E-state index contributed by atoms with van der Waals surface area (Å²) in [6, 6.07) is 13.7. The van der Waals surface area contributed by atoms with Crippen LogP contribution in [0.1, 0.15) is 35.7 Å². The van der Waals surface area contributed by atoms with Gasteiger partial charge in [-0.3, -0.25) is 4.79 Å². The maximum atomic E-state index is 12.4. The molecule has 1 saturated carbocycles. The molecule has 5 nitrogen and oxygen atoms in total. The van der Waals surface area contributed by atoms with E-state index < -0.39 is 10.0 Å². The van der Waals surface area contributed by atoms with Gasteiger partial charge in [0, 0.05) is 17.3 Å². The van der Waals surface area contributed by atoms with Crippen molar-refractivity contribution in [2.45, 2.75) is 37.1 Å². The zero-order valence-electron chi connectivity index (χ0n) is 13.5. The van der Waals surface area contributed by atoms with E-state index in [1.807, 2.05) is 31.2 Å². The Morgan fingerprint density at radius 1 is 1.12 bits per heavy atom. The first kappa shape index (κ1) is 16.7. The number of anilines is 1. The van der Waals surface area contributed by atoms with Gasteiger partial charge in [0.1, 0.15) is 0 Å². The van der Waals surface area contributed by atoms with E-state index in [-0.39, 0.29) is 16.8 Å². The molecule has 2 aromatic carbocycles. The highest BCUT2D eigenvalue weighted by molar-refractivity contribution is 7.89. The summed E-state index contributed by atoms with van der Waals surface area (Å²) < 4.78 is 27.1. The first-order valence-corrected chi connectivity index (χ1v) is 9.49. The van der Waals surface area contributed by atoms with Gasteiger partial charge in [0.15, 0.2) is 0 Å². The maximum Gasteiger partial charge on any atom is 0.255 e. The van der Waals surface area contributed by atoms with Gasteiger partial charge < -0.3 is 5.32 Å². The quantitative estimate of drug-likeness (QED) is 0.846. The SMILES string of the molecule is CCc1cccc(NC(=O)c2cccc(S(=O)(=O)NC3CC3)c2)c1. The van der Waals surface area contributed by atoms with Crippen molar-refractivity contribution < 1.29 is 13.2 Å².